The zero-order valence-corrected chi connectivity index (χ0v) is 11.9. The first-order valence-electron chi connectivity index (χ1n) is 5.64. The highest BCUT2D eigenvalue weighted by Gasteiger charge is 1.96. The van der Waals surface area contributed by atoms with Gasteiger partial charge in [0.2, 0.25) is 0 Å². The number of aliphatic imine (C=N–C) groups is 2. The fourth-order valence-electron chi connectivity index (χ4n) is 1.46. The highest BCUT2D eigenvalue weighted by Crippen LogP contribution is 2.25. The molecule has 0 heterocycles. The van der Waals surface area contributed by atoms with E-state index in [1.54, 1.807) is 0 Å². The van der Waals surface area contributed by atoms with Gasteiger partial charge in [0, 0.05) is 4.47 Å². The first-order valence-corrected chi connectivity index (χ1v) is 6.44. The Morgan fingerprint density at radius 2 is 1.56 bits per heavy atom. The molecule has 0 bridgehead atoms. The van der Waals surface area contributed by atoms with Gasteiger partial charge in [-0.3, -0.25) is 0 Å². The van der Waals surface area contributed by atoms with Crippen molar-refractivity contribution in [3.05, 3.63) is 58.1 Å². The molecule has 0 saturated heterocycles. The van der Waals surface area contributed by atoms with Crippen LogP contribution in [-0.4, -0.2) is 6.01 Å². The Hall–Kier alpha value is -1.70. The van der Waals surface area contributed by atoms with Crippen molar-refractivity contribution < 1.29 is 0 Å². The molecule has 90 valence electrons. The second-order valence-electron chi connectivity index (χ2n) is 4.11. The van der Waals surface area contributed by atoms with Gasteiger partial charge in [-0.1, -0.05) is 23.8 Å². The molecule has 0 saturated carbocycles. The number of halogens is 1. The maximum atomic E-state index is 4.20. The zero-order chi connectivity index (χ0) is 13.0. The molecule has 0 atom stereocenters. The monoisotopic (exact) mass is 300 g/mol. The van der Waals surface area contributed by atoms with Gasteiger partial charge in [-0.05, 0) is 59.6 Å². The molecule has 0 amide bonds. The molecule has 18 heavy (non-hydrogen) atoms. The Balaban J connectivity index is 2.22. The van der Waals surface area contributed by atoms with Gasteiger partial charge in [0.05, 0.1) is 11.4 Å². The van der Waals surface area contributed by atoms with Crippen LogP contribution in [0.1, 0.15) is 11.1 Å². The summed E-state index contributed by atoms with van der Waals surface area (Å²) in [6, 6.07) is 16.6. The first-order chi connectivity index (χ1) is 8.65. The van der Waals surface area contributed by atoms with Crippen LogP contribution in [0.25, 0.3) is 0 Å². The van der Waals surface area contributed by atoms with Gasteiger partial charge in [0.25, 0.3) is 0 Å². The summed E-state index contributed by atoms with van der Waals surface area (Å²) in [5, 5.41) is 0. The van der Waals surface area contributed by atoms with Gasteiger partial charge in [0.1, 0.15) is 6.01 Å². The molecule has 2 aromatic carbocycles. The molecule has 2 nitrogen and oxygen atoms in total. The maximum Gasteiger partial charge on any atom is 0.101 e. The molecule has 0 spiro atoms. The molecule has 0 fully saturated rings. The summed E-state index contributed by atoms with van der Waals surface area (Å²) in [4.78, 5) is 8.37. The normalized spacial score (nSPS) is 9.72. The Kier molecular flexibility index (Phi) is 4.08. The molecule has 0 aromatic heterocycles. The zero-order valence-electron chi connectivity index (χ0n) is 10.3. The molecule has 0 aliphatic rings. The van der Waals surface area contributed by atoms with Crippen LogP contribution in [0.15, 0.2) is 56.9 Å². The van der Waals surface area contributed by atoms with Crippen LogP contribution in [0.5, 0.6) is 0 Å². The second kappa shape index (κ2) is 5.76. The Morgan fingerprint density at radius 1 is 0.889 bits per heavy atom. The maximum absolute atomic E-state index is 4.20. The average Bonchev–Trinajstić information content (AvgIpc) is 2.34. The largest absolute Gasteiger partial charge is 0.188 e. The van der Waals surface area contributed by atoms with Crippen LogP contribution in [0.3, 0.4) is 0 Å². The van der Waals surface area contributed by atoms with Crippen LogP contribution in [-0.2, 0) is 0 Å². The van der Waals surface area contributed by atoms with Gasteiger partial charge in [-0.15, -0.1) is 0 Å². The SMILES string of the molecule is Cc1ccc(N=C=Nc2ccc(C)cc2Br)cc1. The molecule has 0 aliphatic carbocycles. The third-order valence-electron chi connectivity index (χ3n) is 2.49. The van der Waals surface area contributed by atoms with Gasteiger partial charge < -0.3 is 0 Å². The van der Waals surface area contributed by atoms with E-state index in [4.69, 9.17) is 0 Å². The van der Waals surface area contributed by atoms with Crippen molar-refractivity contribution in [2.24, 2.45) is 9.98 Å². The van der Waals surface area contributed by atoms with Gasteiger partial charge in [0.15, 0.2) is 0 Å². The Morgan fingerprint density at radius 3 is 2.22 bits per heavy atom. The van der Waals surface area contributed by atoms with E-state index in [-0.39, 0.29) is 0 Å². The summed E-state index contributed by atoms with van der Waals surface area (Å²) in [5.41, 5.74) is 4.09. The summed E-state index contributed by atoms with van der Waals surface area (Å²) in [6.45, 7) is 4.09. The van der Waals surface area contributed by atoms with Crippen molar-refractivity contribution in [3.8, 4) is 0 Å². The smallest absolute Gasteiger partial charge is 0.101 e. The van der Waals surface area contributed by atoms with Gasteiger partial charge >= 0.3 is 0 Å². The van der Waals surface area contributed by atoms with Crippen LogP contribution >= 0.6 is 15.9 Å². The lowest BCUT2D eigenvalue weighted by atomic mass is 10.2. The molecule has 3 heteroatoms. The number of aryl methyl sites for hydroxylation is 2. The second-order valence-corrected chi connectivity index (χ2v) is 4.97. The minimum absolute atomic E-state index is 0.830. The minimum atomic E-state index is 0.830. The fourth-order valence-corrected chi connectivity index (χ4v) is 2.04. The summed E-state index contributed by atoms with van der Waals surface area (Å²) in [5.74, 6) is 0. The lowest BCUT2D eigenvalue weighted by Gasteiger charge is -1.97. The molecule has 0 aliphatic heterocycles. The van der Waals surface area contributed by atoms with E-state index in [9.17, 15) is 0 Å². The first kappa shape index (κ1) is 12.7. The van der Waals surface area contributed by atoms with Crippen LogP contribution in [0, 0.1) is 13.8 Å². The molecule has 2 aromatic rings. The van der Waals surface area contributed by atoms with E-state index in [2.05, 4.69) is 31.9 Å². The minimum Gasteiger partial charge on any atom is -0.188 e. The van der Waals surface area contributed by atoms with Crippen molar-refractivity contribution in [2.45, 2.75) is 13.8 Å². The third-order valence-corrected chi connectivity index (χ3v) is 3.12. The van der Waals surface area contributed by atoms with Crippen molar-refractivity contribution in [2.75, 3.05) is 0 Å². The Bertz CT molecular complexity index is 609. The molecule has 0 N–H and O–H groups in total. The highest BCUT2D eigenvalue weighted by molar-refractivity contribution is 9.10. The molecule has 0 radical (unpaired) electrons. The highest BCUT2D eigenvalue weighted by atomic mass is 79.9. The number of rotatable bonds is 2. The number of benzene rings is 2. The number of hydrogen-bond acceptors (Lipinski definition) is 2. The van der Waals surface area contributed by atoms with Crippen molar-refractivity contribution in [1.82, 2.24) is 0 Å². The fraction of sp³-hybridized carbons (Fsp3) is 0.133. The molecule has 2 rings (SSSR count). The summed E-state index contributed by atoms with van der Waals surface area (Å²) in [6.07, 6.45) is 0. The quantitative estimate of drug-likeness (QED) is 0.681. The van der Waals surface area contributed by atoms with E-state index < -0.39 is 0 Å². The third kappa shape index (κ3) is 3.39. The van der Waals surface area contributed by atoms with Crippen molar-refractivity contribution in [1.29, 1.82) is 0 Å². The molecular formula is C15H13BrN2. The summed E-state index contributed by atoms with van der Waals surface area (Å²) in [7, 11) is 0. The number of hydrogen-bond donors (Lipinski definition) is 0. The van der Waals surface area contributed by atoms with E-state index in [0.29, 0.717) is 0 Å². The van der Waals surface area contributed by atoms with E-state index >= 15 is 0 Å². The van der Waals surface area contributed by atoms with Crippen molar-refractivity contribution in [3.63, 3.8) is 0 Å². The van der Waals surface area contributed by atoms with E-state index in [0.717, 1.165) is 15.8 Å². The van der Waals surface area contributed by atoms with Crippen LogP contribution in [0.4, 0.5) is 11.4 Å². The molecule has 0 unspecified atom stereocenters. The topological polar surface area (TPSA) is 24.7 Å². The summed E-state index contributed by atoms with van der Waals surface area (Å²) >= 11 is 3.47. The van der Waals surface area contributed by atoms with Crippen LogP contribution < -0.4 is 0 Å². The molecular weight excluding hydrogens is 288 g/mol. The van der Waals surface area contributed by atoms with Gasteiger partial charge in [-0.25, -0.2) is 0 Å². The predicted octanol–water partition coefficient (Wildman–Crippen LogP) is 5.20. The Labute approximate surface area is 115 Å². The number of nitrogens with zero attached hydrogens (tertiary/aromatic N) is 2. The average molecular weight is 301 g/mol. The predicted molar refractivity (Wildman–Crippen MR) is 79.2 cm³/mol. The van der Waals surface area contributed by atoms with E-state index in [1.165, 1.54) is 11.1 Å². The van der Waals surface area contributed by atoms with E-state index in [1.807, 2.05) is 56.3 Å². The van der Waals surface area contributed by atoms with Gasteiger partial charge in [-0.2, -0.15) is 9.98 Å². The standard InChI is InChI=1S/C15H13BrN2/c1-11-3-6-13(7-4-11)17-10-18-15-8-5-12(2)9-14(15)16/h3-9H,1-2H3. The summed E-state index contributed by atoms with van der Waals surface area (Å²) < 4.78 is 0.953. The van der Waals surface area contributed by atoms with Crippen LogP contribution in [0.2, 0.25) is 0 Å². The van der Waals surface area contributed by atoms with Crippen molar-refractivity contribution >= 4 is 33.3 Å². The lowest BCUT2D eigenvalue weighted by molar-refractivity contribution is 1.40. The lowest BCUT2D eigenvalue weighted by Crippen LogP contribution is -1.73.